The van der Waals surface area contributed by atoms with Crippen molar-refractivity contribution in [1.82, 2.24) is 10.6 Å². The Labute approximate surface area is 124 Å². The van der Waals surface area contributed by atoms with Crippen LogP contribution in [-0.4, -0.2) is 24.2 Å². The van der Waals surface area contributed by atoms with Crippen molar-refractivity contribution in [2.45, 2.75) is 19.4 Å². The van der Waals surface area contributed by atoms with E-state index in [1.807, 2.05) is 6.92 Å². The molecule has 1 aromatic heterocycles. The molecule has 0 aliphatic carbocycles. The number of aliphatic hydroxyl groups is 1. The minimum atomic E-state index is -0.831. The van der Waals surface area contributed by atoms with Crippen LogP contribution in [0.4, 0.5) is 4.79 Å². The molecular formula is C16H20N2O3. The van der Waals surface area contributed by atoms with Crippen molar-refractivity contribution in [2.24, 2.45) is 0 Å². The third-order valence-electron chi connectivity index (χ3n) is 3.15. The molecule has 2 amide bonds. The lowest BCUT2D eigenvalue weighted by atomic mass is 10.1. The summed E-state index contributed by atoms with van der Waals surface area (Å²) in [5, 5.41) is 15.1. The number of carbonyl (C=O) groups excluding carboxylic acids is 1. The van der Waals surface area contributed by atoms with E-state index in [9.17, 15) is 9.90 Å². The number of rotatable bonds is 6. The van der Waals surface area contributed by atoms with Gasteiger partial charge in [-0.15, -0.1) is 0 Å². The van der Waals surface area contributed by atoms with Crippen molar-refractivity contribution >= 4 is 6.03 Å². The Morgan fingerprint density at radius 2 is 2.00 bits per heavy atom. The number of hydrogen-bond donors (Lipinski definition) is 3. The van der Waals surface area contributed by atoms with Gasteiger partial charge in [-0.3, -0.25) is 0 Å². The largest absolute Gasteiger partial charge is 0.467 e. The second-order valence-electron chi connectivity index (χ2n) is 4.90. The second-order valence-corrected chi connectivity index (χ2v) is 4.90. The monoisotopic (exact) mass is 288 g/mol. The van der Waals surface area contributed by atoms with Crippen LogP contribution in [0.3, 0.4) is 0 Å². The van der Waals surface area contributed by atoms with Crippen molar-refractivity contribution in [3.05, 3.63) is 59.5 Å². The van der Waals surface area contributed by atoms with Crippen LogP contribution < -0.4 is 10.6 Å². The zero-order valence-electron chi connectivity index (χ0n) is 12.0. The molecule has 0 saturated carbocycles. The number of aliphatic hydroxyl groups excluding tert-OH is 1. The van der Waals surface area contributed by atoms with E-state index >= 15 is 0 Å². The first-order valence-electron chi connectivity index (χ1n) is 6.94. The Morgan fingerprint density at radius 1 is 1.24 bits per heavy atom. The van der Waals surface area contributed by atoms with Gasteiger partial charge >= 0.3 is 6.03 Å². The molecule has 112 valence electrons. The van der Waals surface area contributed by atoms with Crippen molar-refractivity contribution in [3.63, 3.8) is 0 Å². The van der Waals surface area contributed by atoms with Crippen LogP contribution in [0.15, 0.2) is 47.1 Å². The van der Waals surface area contributed by atoms with Gasteiger partial charge in [0.2, 0.25) is 0 Å². The van der Waals surface area contributed by atoms with Gasteiger partial charge in [-0.25, -0.2) is 4.79 Å². The lowest BCUT2D eigenvalue weighted by Gasteiger charge is -2.10. The number of nitrogens with one attached hydrogen (secondary N) is 2. The van der Waals surface area contributed by atoms with Gasteiger partial charge in [0, 0.05) is 6.54 Å². The van der Waals surface area contributed by atoms with Crippen LogP contribution in [-0.2, 0) is 6.42 Å². The average molecular weight is 288 g/mol. The number of aryl methyl sites for hydroxylation is 1. The predicted octanol–water partition coefficient (Wildman–Crippen LogP) is 2.16. The summed E-state index contributed by atoms with van der Waals surface area (Å²) in [7, 11) is 0. The summed E-state index contributed by atoms with van der Waals surface area (Å²) >= 11 is 0. The fourth-order valence-corrected chi connectivity index (χ4v) is 1.91. The highest BCUT2D eigenvalue weighted by Crippen LogP contribution is 2.11. The van der Waals surface area contributed by atoms with Crippen molar-refractivity contribution in [3.8, 4) is 0 Å². The number of carbonyl (C=O) groups is 1. The summed E-state index contributed by atoms with van der Waals surface area (Å²) in [4.78, 5) is 11.6. The van der Waals surface area contributed by atoms with E-state index in [-0.39, 0.29) is 12.6 Å². The molecule has 0 radical (unpaired) electrons. The zero-order valence-corrected chi connectivity index (χ0v) is 12.0. The molecule has 0 bridgehead atoms. The third-order valence-corrected chi connectivity index (χ3v) is 3.15. The fourth-order valence-electron chi connectivity index (χ4n) is 1.91. The van der Waals surface area contributed by atoms with E-state index in [0.717, 1.165) is 6.42 Å². The van der Waals surface area contributed by atoms with Gasteiger partial charge in [0.1, 0.15) is 11.9 Å². The molecule has 0 fully saturated rings. The highest BCUT2D eigenvalue weighted by molar-refractivity contribution is 5.73. The number of urea groups is 1. The smallest absolute Gasteiger partial charge is 0.314 e. The zero-order chi connectivity index (χ0) is 15.1. The van der Waals surface area contributed by atoms with Crippen LogP contribution in [0.2, 0.25) is 0 Å². The molecule has 1 heterocycles. The van der Waals surface area contributed by atoms with Crippen LogP contribution >= 0.6 is 0 Å². The summed E-state index contributed by atoms with van der Waals surface area (Å²) in [6, 6.07) is 11.3. The summed E-state index contributed by atoms with van der Waals surface area (Å²) in [6.07, 6.45) is 1.43. The molecule has 0 aliphatic heterocycles. The standard InChI is InChI=1S/C16H20N2O3/c1-12-4-6-13(7-5-12)8-9-17-16(20)18-11-14(19)15-3-2-10-21-15/h2-7,10,14,19H,8-9,11H2,1H3,(H2,17,18,20). The first-order chi connectivity index (χ1) is 10.1. The van der Waals surface area contributed by atoms with Crippen LogP contribution in [0.5, 0.6) is 0 Å². The summed E-state index contributed by atoms with van der Waals surface area (Å²) in [5.41, 5.74) is 2.40. The Morgan fingerprint density at radius 3 is 2.67 bits per heavy atom. The molecule has 5 heteroatoms. The lowest BCUT2D eigenvalue weighted by Crippen LogP contribution is -2.38. The Kier molecular flexibility index (Phi) is 5.40. The van der Waals surface area contributed by atoms with Gasteiger partial charge in [-0.2, -0.15) is 0 Å². The van der Waals surface area contributed by atoms with Gasteiger partial charge in [0.05, 0.1) is 12.8 Å². The Bertz CT molecular complexity index is 549. The average Bonchev–Trinajstić information content (AvgIpc) is 3.01. The Balaban J connectivity index is 1.64. The minimum absolute atomic E-state index is 0.115. The molecule has 21 heavy (non-hydrogen) atoms. The van der Waals surface area contributed by atoms with E-state index in [4.69, 9.17) is 4.42 Å². The molecule has 3 N–H and O–H groups in total. The maximum Gasteiger partial charge on any atom is 0.314 e. The normalized spacial score (nSPS) is 11.9. The molecule has 2 aromatic rings. The molecule has 1 unspecified atom stereocenters. The van der Waals surface area contributed by atoms with Gasteiger partial charge in [-0.05, 0) is 31.0 Å². The molecule has 1 aromatic carbocycles. The summed E-state index contributed by atoms with van der Waals surface area (Å²) in [5.74, 6) is 0.440. The SMILES string of the molecule is Cc1ccc(CCNC(=O)NCC(O)c2ccco2)cc1. The maximum atomic E-state index is 11.6. The second kappa shape index (κ2) is 7.50. The van der Waals surface area contributed by atoms with E-state index in [2.05, 4.69) is 34.9 Å². The summed E-state index contributed by atoms with van der Waals surface area (Å²) in [6.45, 7) is 2.70. The molecule has 0 aliphatic rings. The molecule has 2 rings (SSSR count). The first kappa shape index (κ1) is 15.1. The van der Waals surface area contributed by atoms with E-state index < -0.39 is 6.10 Å². The summed E-state index contributed by atoms with van der Waals surface area (Å²) < 4.78 is 5.05. The molecule has 5 nitrogen and oxygen atoms in total. The quantitative estimate of drug-likeness (QED) is 0.762. The minimum Gasteiger partial charge on any atom is -0.467 e. The first-order valence-corrected chi connectivity index (χ1v) is 6.94. The number of hydrogen-bond acceptors (Lipinski definition) is 3. The maximum absolute atomic E-state index is 11.6. The van der Waals surface area contributed by atoms with Crippen LogP contribution in [0.1, 0.15) is 23.0 Å². The van der Waals surface area contributed by atoms with Crippen molar-refractivity contribution in [2.75, 3.05) is 13.1 Å². The fraction of sp³-hybridized carbons (Fsp3) is 0.312. The third kappa shape index (κ3) is 4.96. The molecule has 0 saturated heterocycles. The van der Waals surface area contributed by atoms with Crippen molar-refractivity contribution < 1.29 is 14.3 Å². The van der Waals surface area contributed by atoms with Crippen LogP contribution in [0.25, 0.3) is 0 Å². The number of amides is 2. The van der Waals surface area contributed by atoms with Gasteiger partial charge < -0.3 is 20.2 Å². The van der Waals surface area contributed by atoms with Gasteiger partial charge in [-0.1, -0.05) is 29.8 Å². The topological polar surface area (TPSA) is 74.5 Å². The van der Waals surface area contributed by atoms with Crippen LogP contribution in [0, 0.1) is 6.92 Å². The van der Waals surface area contributed by atoms with Crippen molar-refractivity contribution in [1.29, 1.82) is 0 Å². The Hall–Kier alpha value is -2.27. The number of furan rings is 1. The highest BCUT2D eigenvalue weighted by atomic mass is 16.4. The molecule has 0 spiro atoms. The van der Waals surface area contributed by atoms with Gasteiger partial charge in [0.25, 0.3) is 0 Å². The predicted molar refractivity (Wildman–Crippen MR) is 80.0 cm³/mol. The lowest BCUT2D eigenvalue weighted by molar-refractivity contribution is 0.148. The van der Waals surface area contributed by atoms with E-state index in [0.29, 0.717) is 12.3 Å². The van der Waals surface area contributed by atoms with E-state index in [1.165, 1.54) is 17.4 Å². The molecule has 1 atom stereocenters. The number of benzene rings is 1. The van der Waals surface area contributed by atoms with Gasteiger partial charge in [0.15, 0.2) is 0 Å². The molecular weight excluding hydrogens is 268 g/mol. The van der Waals surface area contributed by atoms with E-state index in [1.54, 1.807) is 12.1 Å². The highest BCUT2D eigenvalue weighted by Gasteiger charge is 2.11.